The van der Waals surface area contributed by atoms with Crippen LogP contribution in [0.15, 0.2) is 18.2 Å². The van der Waals surface area contributed by atoms with Gasteiger partial charge in [0, 0.05) is 11.8 Å². The molecule has 0 amide bonds. The lowest BCUT2D eigenvalue weighted by Crippen LogP contribution is -2.30. The molecule has 0 heterocycles. The fraction of sp³-hybridized carbons (Fsp3) is 0.417. The van der Waals surface area contributed by atoms with Gasteiger partial charge in [-0.15, -0.1) is 0 Å². The molecule has 0 saturated heterocycles. The van der Waals surface area contributed by atoms with E-state index in [0.29, 0.717) is 17.2 Å². The highest BCUT2D eigenvalue weighted by molar-refractivity contribution is 5.73. The molecule has 1 aromatic rings. The topological polar surface area (TPSA) is 81.8 Å². The van der Waals surface area contributed by atoms with E-state index in [-0.39, 0.29) is 6.61 Å². The van der Waals surface area contributed by atoms with Crippen LogP contribution in [0.2, 0.25) is 0 Å². The van der Waals surface area contributed by atoms with Gasteiger partial charge in [0.05, 0.1) is 12.5 Å². The van der Waals surface area contributed by atoms with Gasteiger partial charge in [0.1, 0.15) is 6.61 Å². The van der Waals surface area contributed by atoms with E-state index in [1.165, 1.54) is 7.11 Å². The Morgan fingerprint density at radius 1 is 1.41 bits per heavy atom. The van der Waals surface area contributed by atoms with Crippen LogP contribution in [0.4, 0.5) is 5.69 Å². The molecular formula is C12H17NO4. The lowest BCUT2D eigenvalue weighted by Gasteiger charge is -2.20. The number of rotatable bonds is 5. The van der Waals surface area contributed by atoms with Crippen molar-refractivity contribution in [1.29, 1.82) is 0 Å². The lowest BCUT2D eigenvalue weighted by atomic mass is 9.95. The van der Waals surface area contributed by atoms with Crippen LogP contribution in [0.5, 0.6) is 11.5 Å². The molecule has 1 aromatic carbocycles. The second kappa shape index (κ2) is 4.95. The zero-order valence-electron chi connectivity index (χ0n) is 10.2. The lowest BCUT2D eigenvalue weighted by molar-refractivity contribution is -0.148. The number of carboxylic acids is 1. The van der Waals surface area contributed by atoms with E-state index in [1.807, 2.05) is 0 Å². The molecular weight excluding hydrogens is 222 g/mol. The molecule has 0 unspecified atom stereocenters. The molecule has 0 aliphatic rings. The third-order valence-electron chi connectivity index (χ3n) is 2.36. The highest BCUT2D eigenvalue weighted by Gasteiger charge is 2.28. The van der Waals surface area contributed by atoms with Gasteiger partial charge < -0.3 is 20.3 Å². The summed E-state index contributed by atoms with van der Waals surface area (Å²) in [6.45, 7) is 3.23. The van der Waals surface area contributed by atoms with Crippen molar-refractivity contribution < 1.29 is 19.4 Å². The summed E-state index contributed by atoms with van der Waals surface area (Å²) in [6, 6.07) is 4.98. The van der Waals surface area contributed by atoms with Crippen LogP contribution in [-0.4, -0.2) is 24.8 Å². The first-order valence-electron chi connectivity index (χ1n) is 5.16. The van der Waals surface area contributed by atoms with Crippen LogP contribution in [-0.2, 0) is 4.79 Å². The Bertz CT molecular complexity index is 415. The Morgan fingerprint density at radius 3 is 2.59 bits per heavy atom. The van der Waals surface area contributed by atoms with E-state index in [4.69, 9.17) is 20.3 Å². The van der Waals surface area contributed by atoms with Crippen molar-refractivity contribution in [2.24, 2.45) is 5.41 Å². The van der Waals surface area contributed by atoms with Crippen LogP contribution in [0.3, 0.4) is 0 Å². The highest BCUT2D eigenvalue weighted by atomic mass is 16.5. The normalized spacial score (nSPS) is 11.0. The molecule has 0 aliphatic heterocycles. The first-order chi connectivity index (χ1) is 7.86. The largest absolute Gasteiger partial charge is 0.493 e. The van der Waals surface area contributed by atoms with Gasteiger partial charge in [-0.2, -0.15) is 0 Å². The zero-order chi connectivity index (χ0) is 13.1. The predicted octanol–water partition coefficient (Wildman–Crippen LogP) is 1.77. The minimum atomic E-state index is -0.963. The fourth-order valence-electron chi connectivity index (χ4n) is 1.13. The number of hydrogen-bond acceptors (Lipinski definition) is 4. The van der Waals surface area contributed by atoms with E-state index in [9.17, 15) is 4.79 Å². The van der Waals surface area contributed by atoms with Crippen molar-refractivity contribution in [2.45, 2.75) is 13.8 Å². The number of ether oxygens (including phenoxy) is 2. The molecule has 0 fully saturated rings. The van der Waals surface area contributed by atoms with E-state index < -0.39 is 11.4 Å². The van der Waals surface area contributed by atoms with Gasteiger partial charge >= 0.3 is 5.97 Å². The smallest absolute Gasteiger partial charge is 0.312 e. The van der Waals surface area contributed by atoms with Gasteiger partial charge in [-0.1, -0.05) is 0 Å². The Labute approximate surface area is 100 Å². The third-order valence-corrected chi connectivity index (χ3v) is 2.36. The first kappa shape index (κ1) is 13.2. The van der Waals surface area contributed by atoms with Crippen LogP contribution in [0.25, 0.3) is 0 Å². The van der Waals surface area contributed by atoms with Crippen molar-refractivity contribution in [3.8, 4) is 11.5 Å². The van der Waals surface area contributed by atoms with E-state index in [2.05, 4.69) is 0 Å². The van der Waals surface area contributed by atoms with Crippen LogP contribution in [0.1, 0.15) is 13.8 Å². The SMILES string of the molecule is COc1ccc(N)cc1OCC(C)(C)C(=O)O. The quantitative estimate of drug-likeness (QED) is 0.765. The maximum atomic E-state index is 10.9. The van der Waals surface area contributed by atoms with Gasteiger partial charge in [0.2, 0.25) is 0 Å². The van der Waals surface area contributed by atoms with E-state index >= 15 is 0 Å². The molecule has 0 saturated carbocycles. The Balaban J connectivity index is 2.81. The average Bonchev–Trinajstić information content (AvgIpc) is 2.26. The molecule has 5 nitrogen and oxygen atoms in total. The van der Waals surface area contributed by atoms with Gasteiger partial charge in [-0.3, -0.25) is 4.79 Å². The molecule has 17 heavy (non-hydrogen) atoms. The molecule has 0 atom stereocenters. The van der Waals surface area contributed by atoms with Crippen molar-refractivity contribution >= 4 is 11.7 Å². The number of carbonyl (C=O) groups is 1. The molecule has 3 N–H and O–H groups in total. The van der Waals surface area contributed by atoms with E-state index in [0.717, 1.165) is 0 Å². The molecule has 94 valence electrons. The zero-order valence-corrected chi connectivity index (χ0v) is 10.2. The predicted molar refractivity (Wildman–Crippen MR) is 64.3 cm³/mol. The number of nitrogens with two attached hydrogens (primary N) is 1. The summed E-state index contributed by atoms with van der Waals surface area (Å²) < 4.78 is 10.5. The monoisotopic (exact) mass is 239 g/mol. The molecule has 0 radical (unpaired) electrons. The molecule has 1 rings (SSSR count). The third kappa shape index (κ3) is 3.27. The number of anilines is 1. The summed E-state index contributed by atoms with van der Waals surface area (Å²) in [5.74, 6) is 0.0579. The Kier molecular flexibility index (Phi) is 3.83. The summed E-state index contributed by atoms with van der Waals surface area (Å²) >= 11 is 0. The molecule has 0 spiro atoms. The molecule has 0 aliphatic carbocycles. The molecule has 0 aromatic heterocycles. The summed E-state index contributed by atoms with van der Waals surface area (Å²) in [5.41, 5.74) is 5.20. The highest BCUT2D eigenvalue weighted by Crippen LogP contribution is 2.30. The molecule has 5 heteroatoms. The van der Waals surface area contributed by atoms with Crippen LogP contribution in [0, 0.1) is 5.41 Å². The Morgan fingerprint density at radius 2 is 2.06 bits per heavy atom. The number of carboxylic acid groups (broad SMARTS) is 1. The number of benzene rings is 1. The van der Waals surface area contributed by atoms with E-state index in [1.54, 1.807) is 32.0 Å². The summed E-state index contributed by atoms with van der Waals surface area (Å²) in [5, 5.41) is 8.96. The molecule has 0 bridgehead atoms. The minimum absolute atomic E-state index is 0.0438. The second-order valence-electron chi connectivity index (χ2n) is 4.39. The standard InChI is InChI=1S/C12H17NO4/c1-12(2,11(14)15)7-17-10-6-8(13)4-5-9(10)16-3/h4-6H,7,13H2,1-3H3,(H,14,15). The first-order valence-corrected chi connectivity index (χ1v) is 5.16. The number of aliphatic carboxylic acids is 1. The summed E-state index contributed by atoms with van der Waals surface area (Å²) in [6.07, 6.45) is 0. The van der Waals surface area contributed by atoms with Crippen molar-refractivity contribution in [3.05, 3.63) is 18.2 Å². The van der Waals surface area contributed by atoms with Crippen molar-refractivity contribution in [3.63, 3.8) is 0 Å². The van der Waals surface area contributed by atoms with Crippen LogP contribution >= 0.6 is 0 Å². The van der Waals surface area contributed by atoms with Crippen LogP contribution < -0.4 is 15.2 Å². The number of hydrogen-bond donors (Lipinski definition) is 2. The van der Waals surface area contributed by atoms with Gasteiger partial charge in [-0.05, 0) is 26.0 Å². The van der Waals surface area contributed by atoms with Gasteiger partial charge in [0.25, 0.3) is 0 Å². The number of methoxy groups -OCH3 is 1. The maximum absolute atomic E-state index is 10.9. The van der Waals surface area contributed by atoms with Crippen molar-refractivity contribution in [1.82, 2.24) is 0 Å². The summed E-state index contributed by atoms with van der Waals surface area (Å²) in [4.78, 5) is 10.9. The number of nitrogen functional groups attached to an aromatic ring is 1. The minimum Gasteiger partial charge on any atom is -0.493 e. The van der Waals surface area contributed by atoms with Crippen molar-refractivity contribution in [2.75, 3.05) is 19.5 Å². The second-order valence-corrected chi connectivity index (χ2v) is 4.39. The van der Waals surface area contributed by atoms with Gasteiger partial charge in [-0.25, -0.2) is 0 Å². The van der Waals surface area contributed by atoms with Gasteiger partial charge in [0.15, 0.2) is 11.5 Å². The fourth-order valence-corrected chi connectivity index (χ4v) is 1.13. The maximum Gasteiger partial charge on any atom is 0.312 e. The average molecular weight is 239 g/mol. The Hall–Kier alpha value is -1.91. The summed E-state index contributed by atoms with van der Waals surface area (Å²) in [7, 11) is 1.51.